The van der Waals surface area contributed by atoms with Crippen LogP contribution in [0.25, 0.3) is 0 Å². The molecule has 2 aliphatic rings. The third-order valence-electron chi connectivity index (χ3n) is 4.68. The first kappa shape index (κ1) is 13.8. The van der Waals surface area contributed by atoms with Crippen molar-refractivity contribution in [3.05, 3.63) is 47.5 Å². The van der Waals surface area contributed by atoms with Crippen molar-refractivity contribution in [2.75, 3.05) is 6.61 Å². The van der Waals surface area contributed by atoms with Gasteiger partial charge in [-0.25, -0.2) is 0 Å². The van der Waals surface area contributed by atoms with Crippen LogP contribution in [0.5, 0.6) is 0 Å². The Labute approximate surface area is 121 Å². The van der Waals surface area contributed by atoms with E-state index in [2.05, 4.69) is 18.2 Å². The monoisotopic (exact) mass is 272 g/mol. The molecule has 0 unspecified atom stereocenters. The third kappa shape index (κ3) is 2.82. The van der Waals surface area contributed by atoms with Crippen LogP contribution in [-0.2, 0) is 10.3 Å². The predicted octanol–water partition coefficient (Wildman–Crippen LogP) is 3.94. The summed E-state index contributed by atoms with van der Waals surface area (Å²) in [6.07, 6.45) is 10.9. The van der Waals surface area contributed by atoms with E-state index in [0.29, 0.717) is 0 Å². The fourth-order valence-corrected chi connectivity index (χ4v) is 3.50. The maximum atomic E-state index is 9.85. The van der Waals surface area contributed by atoms with Crippen LogP contribution in [0.4, 0.5) is 0 Å². The molecule has 0 spiro atoms. The molecule has 1 aromatic rings. The van der Waals surface area contributed by atoms with Crippen LogP contribution in [0.15, 0.2) is 42.0 Å². The highest BCUT2D eigenvalue weighted by Crippen LogP contribution is 2.40. The van der Waals surface area contributed by atoms with Gasteiger partial charge in [0.1, 0.15) is 5.60 Å². The van der Waals surface area contributed by atoms with Gasteiger partial charge >= 0.3 is 0 Å². The second-order valence-corrected chi connectivity index (χ2v) is 6.10. The van der Waals surface area contributed by atoms with E-state index < -0.39 is 5.60 Å². The van der Waals surface area contributed by atoms with E-state index >= 15 is 0 Å². The first-order valence-corrected chi connectivity index (χ1v) is 7.86. The average Bonchev–Trinajstić information content (AvgIpc) is 2.94. The molecule has 0 amide bonds. The highest BCUT2D eigenvalue weighted by atomic mass is 16.5. The van der Waals surface area contributed by atoms with Gasteiger partial charge in [-0.3, -0.25) is 0 Å². The number of aliphatic hydroxyl groups excluding tert-OH is 1. The third-order valence-corrected chi connectivity index (χ3v) is 4.68. The Bertz CT molecular complexity index is 458. The van der Waals surface area contributed by atoms with E-state index in [1.54, 1.807) is 5.57 Å². The number of rotatable bonds is 3. The summed E-state index contributed by atoms with van der Waals surface area (Å²) in [7, 11) is 0. The van der Waals surface area contributed by atoms with E-state index in [1.807, 2.05) is 18.2 Å². The van der Waals surface area contributed by atoms with Crippen molar-refractivity contribution in [1.29, 1.82) is 0 Å². The zero-order valence-corrected chi connectivity index (χ0v) is 12.1. The van der Waals surface area contributed by atoms with Crippen molar-refractivity contribution in [3.8, 4) is 0 Å². The van der Waals surface area contributed by atoms with Crippen LogP contribution in [0, 0.1) is 0 Å². The quantitative estimate of drug-likeness (QED) is 0.844. The van der Waals surface area contributed by atoms with Crippen molar-refractivity contribution in [1.82, 2.24) is 0 Å². The van der Waals surface area contributed by atoms with Gasteiger partial charge in [0.05, 0.1) is 12.7 Å². The molecule has 1 aliphatic carbocycles. The Kier molecular flexibility index (Phi) is 4.23. The molecule has 0 radical (unpaired) electrons. The molecule has 3 rings (SSSR count). The minimum atomic E-state index is -0.488. The average molecular weight is 272 g/mol. The molecule has 1 N–H and O–H groups in total. The summed E-state index contributed by atoms with van der Waals surface area (Å²) in [5, 5.41) is 9.85. The Hall–Kier alpha value is -1.12. The van der Waals surface area contributed by atoms with E-state index in [0.717, 1.165) is 18.4 Å². The van der Waals surface area contributed by atoms with Gasteiger partial charge in [-0.15, -0.1) is 0 Å². The first-order chi connectivity index (χ1) is 9.82. The standard InChI is InChI=1S/C18H24O2/c19-14-18(16-9-5-2-6-10-16)12-11-17(20-18)13-15-7-3-1-4-8-15/h2,5-6,9-10,13,17,19H,1,3-4,7-8,11-12,14H2/t17-,18-/m0/s1. The van der Waals surface area contributed by atoms with Crippen LogP contribution >= 0.6 is 0 Å². The number of allylic oxidation sites excluding steroid dienone is 1. The van der Waals surface area contributed by atoms with Crippen LogP contribution in [0.2, 0.25) is 0 Å². The molecule has 1 aromatic carbocycles. The SMILES string of the molecule is OC[C@]1(c2ccccc2)CC[C@@H](C=C2CCCCC2)O1. The van der Waals surface area contributed by atoms with Crippen LogP contribution in [0.3, 0.4) is 0 Å². The summed E-state index contributed by atoms with van der Waals surface area (Å²) in [5.41, 5.74) is 2.17. The first-order valence-electron chi connectivity index (χ1n) is 7.86. The predicted molar refractivity (Wildman–Crippen MR) is 80.5 cm³/mol. The van der Waals surface area contributed by atoms with Crippen molar-refractivity contribution >= 4 is 0 Å². The van der Waals surface area contributed by atoms with E-state index in [-0.39, 0.29) is 12.7 Å². The van der Waals surface area contributed by atoms with Crippen molar-refractivity contribution < 1.29 is 9.84 Å². The second kappa shape index (κ2) is 6.11. The largest absolute Gasteiger partial charge is 0.393 e. The zero-order chi connectivity index (χ0) is 13.8. The van der Waals surface area contributed by atoms with Crippen molar-refractivity contribution in [2.45, 2.75) is 56.7 Å². The van der Waals surface area contributed by atoms with Gasteiger partial charge in [0.2, 0.25) is 0 Å². The lowest BCUT2D eigenvalue weighted by Gasteiger charge is -2.27. The van der Waals surface area contributed by atoms with E-state index in [4.69, 9.17) is 4.74 Å². The molecule has 2 heteroatoms. The number of benzene rings is 1. The van der Waals surface area contributed by atoms with Crippen molar-refractivity contribution in [2.24, 2.45) is 0 Å². The van der Waals surface area contributed by atoms with E-state index in [1.165, 1.54) is 32.1 Å². The van der Waals surface area contributed by atoms with Gasteiger partial charge in [-0.2, -0.15) is 0 Å². The summed E-state index contributed by atoms with van der Waals surface area (Å²) in [5.74, 6) is 0. The molecular weight excluding hydrogens is 248 g/mol. The highest BCUT2D eigenvalue weighted by Gasteiger charge is 2.40. The van der Waals surface area contributed by atoms with Gasteiger partial charge in [-0.1, -0.05) is 48.4 Å². The maximum Gasteiger partial charge on any atom is 0.117 e. The second-order valence-electron chi connectivity index (χ2n) is 6.10. The van der Waals surface area contributed by atoms with Crippen LogP contribution in [-0.4, -0.2) is 17.8 Å². The molecule has 0 aromatic heterocycles. The Morgan fingerprint density at radius 2 is 1.90 bits per heavy atom. The Morgan fingerprint density at radius 3 is 2.60 bits per heavy atom. The number of hydrogen-bond donors (Lipinski definition) is 1. The number of hydrogen-bond acceptors (Lipinski definition) is 2. The molecular formula is C18H24O2. The minimum Gasteiger partial charge on any atom is -0.393 e. The lowest BCUT2D eigenvalue weighted by molar-refractivity contribution is -0.0646. The lowest BCUT2D eigenvalue weighted by Crippen LogP contribution is -2.30. The summed E-state index contributed by atoms with van der Waals surface area (Å²) < 4.78 is 6.26. The van der Waals surface area contributed by atoms with Crippen molar-refractivity contribution in [3.63, 3.8) is 0 Å². The van der Waals surface area contributed by atoms with Crippen LogP contribution in [0.1, 0.15) is 50.5 Å². The minimum absolute atomic E-state index is 0.0662. The fourth-order valence-electron chi connectivity index (χ4n) is 3.50. The molecule has 1 heterocycles. The molecule has 108 valence electrons. The highest BCUT2D eigenvalue weighted by molar-refractivity contribution is 5.25. The smallest absolute Gasteiger partial charge is 0.117 e. The lowest BCUT2D eigenvalue weighted by atomic mass is 9.91. The molecule has 0 bridgehead atoms. The van der Waals surface area contributed by atoms with Gasteiger partial charge in [0.25, 0.3) is 0 Å². The molecule has 20 heavy (non-hydrogen) atoms. The topological polar surface area (TPSA) is 29.5 Å². The molecule has 2 nitrogen and oxygen atoms in total. The summed E-state index contributed by atoms with van der Waals surface area (Å²) in [6, 6.07) is 10.2. The van der Waals surface area contributed by atoms with Crippen LogP contribution < -0.4 is 0 Å². The van der Waals surface area contributed by atoms with Gasteiger partial charge in [0.15, 0.2) is 0 Å². The normalized spacial score (nSPS) is 30.4. The zero-order valence-electron chi connectivity index (χ0n) is 12.1. The maximum absolute atomic E-state index is 9.85. The molecule has 2 atom stereocenters. The Balaban J connectivity index is 1.74. The number of aliphatic hydroxyl groups is 1. The van der Waals surface area contributed by atoms with Gasteiger partial charge in [0, 0.05) is 0 Å². The molecule has 1 saturated carbocycles. The summed E-state index contributed by atoms with van der Waals surface area (Å²) >= 11 is 0. The fraction of sp³-hybridized carbons (Fsp3) is 0.556. The van der Waals surface area contributed by atoms with Gasteiger partial charge < -0.3 is 9.84 Å². The van der Waals surface area contributed by atoms with Gasteiger partial charge in [-0.05, 0) is 44.1 Å². The molecule has 1 aliphatic heterocycles. The summed E-state index contributed by atoms with van der Waals surface area (Å²) in [4.78, 5) is 0. The molecule has 2 fully saturated rings. The molecule has 1 saturated heterocycles. The Morgan fingerprint density at radius 1 is 1.15 bits per heavy atom. The van der Waals surface area contributed by atoms with E-state index in [9.17, 15) is 5.11 Å². The number of ether oxygens (including phenoxy) is 1. The summed E-state index contributed by atoms with van der Waals surface area (Å²) in [6.45, 7) is 0.0662.